The van der Waals surface area contributed by atoms with Crippen LogP contribution in [0.25, 0.3) is 0 Å². The maximum absolute atomic E-state index is 12.3. The third kappa shape index (κ3) is 3.70. The molecule has 0 aliphatic rings. The van der Waals surface area contributed by atoms with Crippen molar-refractivity contribution in [3.8, 4) is 6.07 Å². The third-order valence-corrected chi connectivity index (χ3v) is 4.12. The van der Waals surface area contributed by atoms with Gasteiger partial charge in [-0.25, -0.2) is 0 Å². The molecule has 0 saturated carbocycles. The summed E-state index contributed by atoms with van der Waals surface area (Å²) in [5, 5.41) is 11.0. The highest BCUT2D eigenvalue weighted by Gasteiger charge is 2.20. The Morgan fingerprint density at radius 2 is 2.33 bits per heavy atom. The topological polar surface area (TPSA) is 53.3 Å². The lowest BCUT2D eigenvalue weighted by Gasteiger charge is -2.20. The van der Waals surface area contributed by atoms with Gasteiger partial charge in [0, 0.05) is 20.2 Å². The Hall–Kier alpha value is -1.09. The van der Waals surface area contributed by atoms with Crippen molar-refractivity contribution in [1.82, 2.24) is 4.90 Å². The van der Waals surface area contributed by atoms with Gasteiger partial charge in [0.15, 0.2) is 0 Å². The van der Waals surface area contributed by atoms with Gasteiger partial charge < -0.3 is 9.64 Å². The van der Waals surface area contributed by atoms with Gasteiger partial charge in [-0.15, -0.1) is 11.3 Å². The summed E-state index contributed by atoms with van der Waals surface area (Å²) in [5.41, 5.74) is 0.900. The zero-order valence-corrected chi connectivity index (χ0v) is 12.0. The fourth-order valence-electron chi connectivity index (χ4n) is 1.42. The molecule has 0 radical (unpaired) electrons. The summed E-state index contributed by atoms with van der Waals surface area (Å²) in [4.78, 5) is 14.4. The summed E-state index contributed by atoms with van der Waals surface area (Å²) < 4.78 is 4.97. The highest BCUT2D eigenvalue weighted by molar-refractivity contribution is 7.13. The van der Waals surface area contributed by atoms with Gasteiger partial charge in [-0.1, -0.05) is 11.6 Å². The Morgan fingerprint density at radius 3 is 2.83 bits per heavy atom. The van der Waals surface area contributed by atoms with E-state index in [1.54, 1.807) is 12.0 Å². The molecule has 4 nitrogen and oxygen atoms in total. The number of hydrogen-bond acceptors (Lipinski definition) is 4. The van der Waals surface area contributed by atoms with Crippen LogP contribution < -0.4 is 0 Å². The van der Waals surface area contributed by atoms with Gasteiger partial charge in [-0.2, -0.15) is 5.26 Å². The summed E-state index contributed by atoms with van der Waals surface area (Å²) in [6.45, 7) is 3.17. The van der Waals surface area contributed by atoms with Crippen molar-refractivity contribution in [2.24, 2.45) is 0 Å². The zero-order chi connectivity index (χ0) is 13.5. The number of hydrogen-bond donors (Lipinski definition) is 0. The van der Waals surface area contributed by atoms with E-state index in [1.165, 1.54) is 11.3 Å². The van der Waals surface area contributed by atoms with Gasteiger partial charge in [-0.05, 0) is 17.9 Å². The second-order valence-electron chi connectivity index (χ2n) is 3.75. The Kier molecular flexibility index (Phi) is 6.13. The molecule has 1 rings (SSSR count). The molecular weight excluding hydrogens is 272 g/mol. The Balaban J connectivity index is 2.81. The van der Waals surface area contributed by atoms with Gasteiger partial charge in [0.25, 0.3) is 5.91 Å². The van der Waals surface area contributed by atoms with E-state index in [2.05, 4.69) is 0 Å². The molecule has 1 amide bonds. The first kappa shape index (κ1) is 15.0. The fourth-order valence-corrected chi connectivity index (χ4v) is 2.66. The summed E-state index contributed by atoms with van der Waals surface area (Å²) in [6.07, 6.45) is 0.303. The van der Waals surface area contributed by atoms with Crippen LogP contribution in [-0.4, -0.2) is 37.6 Å². The lowest BCUT2D eigenvalue weighted by atomic mass is 10.3. The molecule has 98 valence electrons. The molecule has 0 N–H and O–H groups in total. The number of nitriles is 1. The van der Waals surface area contributed by atoms with E-state index in [4.69, 9.17) is 21.6 Å². The lowest BCUT2D eigenvalue weighted by molar-refractivity contribution is 0.0704. The van der Waals surface area contributed by atoms with E-state index >= 15 is 0 Å². The van der Waals surface area contributed by atoms with Crippen LogP contribution in [0.3, 0.4) is 0 Å². The number of ether oxygens (including phenoxy) is 1. The number of carbonyl (C=O) groups excluding carboxylic acids is 1. The number of carbonyl (C=O) groups is 1. The molecular formula is C12H15ClN2O2S. The molecule has 1 aromatic rings. The normalized spacial score (nSPS) is 10.1. The average Bonchev–Trinajstić information content (AvgIpc) is 2.69. The number of methoxy groups -OCH3 is 1. The van der Waals surface area contributed by atoms with Gasteiger partial charge in [0.05, 0.1) is 24.1 Å². The quantitative estimate of drug-likeness (QED) is 0.808. The van der Waals surface area contributed by atoms with Crippen LogP contribution in [0.4, 0.5) is 0 Å². The van der Waals surface area contributed by atoms with Crippen LogP contribution in [0.1, 0.15) is 21.7 Å². The van der Waals surface area contributed by atoms with Crippen molar-refractivity contribution in [2.45, 2.75) is 13.3 Å². The summed E-state index contributed by atoms with van der Waals surface area (Å²) in [7, 11) is 1.58. The van der Waals surface area contributed by atoms with Crippen LogP contribution in [-0.2, 0) is 4.74 Å². The molecule has 0 spiro atoms. The maximum Gasteiger partial charge on any atom is 0.265 e. The van der Waals surface area contributed by atoms with Crippen molar-refractivity contribution in [3.63, 3.8) is 0 Å². The van der Waals surface area contributed by atoms with Crippen LogP contribution in [0, 0.1) is 18.3 Å². The SMILES string of the molecule is COCCN(CCC#N)C(=O)c1scc(C)c1Cl. The second-order valence-corrected chi connectivity index (χ2v) is 5.01. The minimum Gasteiger partial charge on any atom is -0.383 e. The maximum atomic E-state index is 12.3. The number of thiophene rings is 1. The van der Waals surface area contributed by atoms with E-state index in [0.29, 0.717) is 36.0 Å². The first-order chi connectivity index (χ1) is 8.61. The standard InChI is InChI=1S/C12H15ClN2O2S/c1-9-8-18-11(10(9)13)12(16)15(5-3-4-14)6-7-17-2/h8H,3,5-7H2,1-2H3. The molecule has 0 fully saturated rings. The molecule has 0 atom stereocenters. The van der Waals surface area contributed by atoms with Crippen LogP contribution in [0.2, 0.25) is 5.02 Å². The first-order valence-corrected chi connectivity index (χ1v) is 6.76. The fraction of sp³-hybridized carbons (Fsp3) is 0.500. The second kappa shape index (κ2) is 7.37. The van der Waals surface area contributed by atoms with Gasteiger partial charge >= 0.3 is 0 Å². The largest absolute Gasteiger partial charge is 0.383 e. The number of amides is 1. The van der Waals surface area contributed by atoms with Crippen molar-refractivity contribution >= 4 is 28.8 Å². The number of nitrogens with zero attached hydrogens (tertiary/aromatic N) is 2. The summed E-state index contributed by atoms with van der Waals surface area (Å²) in [5.74, 6) is -0.134. The minimum absolute atomic E-state index is 0.134. The van der Waals surface area contributed by atoms with Crippen molar-refractivity contribution in [2.75, 3.05) is 26.8 Å². The Morgan fingerprint density at radius 1 is 1.61 bits per heavy atom. The van der Waals surface area contributed by atoms with Crippen molar-refractivity contribution < 1.29 is 9.53 Å². The molecule has 0 aromatic carbocycles. The van der Waals surface area contributed by atoms with Crippen LogP contribution in [0.5, 0.6) is 0 Å². The van der Waals surface area contributed by atoms with Crippen molar-refractivity contribution in [1.29, 1.82) is 5.26 Å². The average molecular weight is 287 g/mol. The minimum atomic E-state index is -0.134. The summed E-state index contributed by atoms with van der Waals surface area (Å²) in [6, 6.07) is 2.04. The molecule has 0 unspecified atom stereocenters. The molecule has 0 saturated heterocycles. The molecule has 1 aromatic heterocycles. The summed E-state index contributed by atoms with van der Waals surface area (Å²) >= 11 is 7.42. The zero-order valence-electron chi connectivity index (χ0n) is 10.4. The van der Waals surface area contributed by atoms with E-state index in [0.717, 1.165) is 5.56 Å². The number of aryl methyl sites for hydroxylation is 1. The highest BCUT2D eigenvalue weighted by atomic mass is 35.5. The predicted molar refractivity (Wildman–Crippen MR) is 72.1 cm³/mol. The number of rotatable bonds is 6. The molecule has 0 aliphatic heterocycles. The monoisotopic (exact) mass is 286 g/mol. The highest BCUT2D eigenvalue weighted by Crippen LogP contribution is 2.28. The van der Waals surface area contributed by atoms with Gasteiger partial charge in [0.2, 0.25) is 0 Å². The smallest absolute Gasteiger partial charge is 0.265 e. The van der Waals surface area contributed by atoms with Crippen LogP contribution >= 0.6 is 22.9 Å². The van der Waals surface area contributed by atoms with Crippen LogP contribution in [0.15, 0.2) is 5.38 Å². The third-order valence-electron chi connectivity index (χ3n) is 2.44. The molecule has 6 heteroatoms. The van der Waals surface area contributed by atoms with Gasteiger partial charge in [-0.3, -0.25) is 4.79 Å². The first-order valence-electron chi connectivity index (χ1n) is 5.50. The molecule has 0 bridgehead atoms. The Labute approximate surface area is 116 Å². The van der Waals surface area contributed by atoms with Gasteiger partial charge in [0.1, 0.15) is 4.88 Å². The molecule has 0 aliphatic carbocycles. The molecule has 18 heavy (non-hydrogen) atoms. The predicted octanol–water partition coefficient (Wildman–Crippen LogP) is 2.71. The lowest BCUT2D eigenvalue weighted by Crippen LogP contribution is -2.34. The molecule has 1 heterocycles. The Bertz CT molecular complexity index is 453. The van der Waals surface area contributed by atoms with Crippen molar-refractivity contribution in [3.05, 3.63) is 20.8 Å². The van der Waals surface area contributed by atoms with E-state index < -0.39 is 0 Å². The van der Waals surface area contributed by atoms with E-state index in [1.807, 2.05) is 18.4 Å². The van der Waals surface area contributed by atoms with E-state index in [9.17, 15) is 4.79 Å². The van der Waals surface area contributed by atoms with E-state index in [-0.39, 0.29) is 5.91 Å². The number of halogens is 1.